The van der Waals surface area contributed by atoms with E-state index in [2.05, 4.69) is 19.9 Å². The molecule has 0 atom stereocenters. The van der Waals surface area contributed by atoms with Gasteiger partial charge in [0.2, 0.25) is 0 Å². The standard InChI is InChI=1S/C16H20N2O/c1-12(2)8-9-18(15-6-7-15)16(19)14-5-3-4-13(10-14)11-17/h3-5,10,12,15H,6-9H2,1-2H3. The SMILES string of the molecule is CC(C)CCN(C(=O)c1cccc(C#N)c1)C1CC1. The minimum Gasteiger partial charge on any atom is -0.336 e. The molecule has 19 heavy (non-hydrogen) atoms. The molecule has 1 aliphatic carbocycles. The first-order valence-electron chi connectivity index (χ1n) is 6.93. The lowest BCUT2D eigenvalue weighted by Crippen LogP contribution is -2.34. The molecule has 0 bridgehead atoms. The molecule has 0 aromatic heterocycles. The van der Waals surface area contributed by atoms with Crippen molar-refractivity contribution in [1.29, 1.82) is 5.26 Å². The van der Waals surface area contributed by atoms with Gasteiger partial charge in [-0.2, -0.15) is 5.26 Å². The van der Waals surface area contributed by atoms with E-state index in [1.54, 1.807) is 24.3 Å². The summed E-state index contributed by atoms with van der Waals surface area (Å²) >= 11 is 0. The van der Waals surface area contributed by atoms with Gasteiger partial charge in [-0.1, -0.05) is 19.9 Å². The summed E-state index contributed by atoms with van der Waals surface area (Å²) in [5.41, 5.74) is 1.18. The Morgan fingerprint density at radius 1 is 1.47 bits per heavy atom. The summed E-state index contributed by atoms with van der Waals surface area (Å²) in [5, 5.41) is 8.91. The monoisotopic (exact) mass is 256 g/mol. The maximum atomic E-state index is 12.5. The van der Waals surface area contributed by atoms with E-state index in [9.17, 15) is 4.79 Å². The molecule has 1 aliphatic rings. The Morgan fingerprint density at radius 3 is 2.79 bits per heavy atom. The molecule has 0 unspecified atom stereocenters. The highest BCUT2D eigenvalue weighted by molar-refractivity contribution is 5.95. The fourth-order valence-corrected chi connectivity index (χ4v) is 2.12. The predicted molar refractivity (Wildman–Crippen MR) is 74.7 cm³/mol. The van der Waals surface area contributed by atoms with Crippen LogP contribution in [-0.2, 0) is 0 Å². The Hall–Kier alpha value is -1.82. The lowest BCUT2D eigenvalue weighted by molar-refractivity contribution is 0.0735. The van der Waals surface area contributed by atoms with E-state index in [0.29, 0.717) is 23.1 Å². The van der Waals surface area contributed by atoms with Gasteiger partial charge < -0.3 is 4.90 Å². The van der Waals surface area contributed by atoms with Crippen LogP contribution in [0.1, 0.15) is 49.0 Å². The van der Waals surface area contributed by atoms with Crippen molar-refractivity contribution in [2.45, 2.75) is 39.2 Å². The van der Waals surface area contributed by atoms with Crippen molar-refractivity contribution in [3.05, 3.63) is 35.4 Å². The minimum absolute atomic E-state index is 0.0697. The van der Waals surface area contributed by atoms with Crippen molar-refractivity contribution < 1.29 is 4.79 Å². The first-order valence-corrected chi connectivity index (χ1v) is 6.93. The number of carbonyl (C=O) groups is 1. The van der Waals surface area contributed by atoms with Crippen LogP contribution < -0.4 is 0 Å². The Kier molecular flexibility index (Phi) is 4.21. The van der Waals surface area contributed by atoms with Gasteiger partial charge in [0, 0.05) is 18.2 Å². The number of hydrogen-bond donors (Lipinski definition) is 0. The van der Waals surface area contributed by atoms with E-state index >= 15 is 0 Å². The third kappa shape index (κ3) is 3.57. The minimum atomic E-state index is 0.0697. The molecular formula is C16H20N2O. The van der Waals surface area contributed by atoms with E-state index < -0.39 is 0 Å². The van der Waals surface area contributed by atoms with Crippen molar-refractivity contribution in [3.8, 4) is 6.07 Å². The molecule has 0 N–H and O–H groups in total. The molecule has 1 amide bonds. The van der Waals surface area contributed by atoms with Crippen molar-refractivity contribution in [1.82, 2.24) is 4.90 Å². The topological polar surface area (TPSA) is 44.1 Å². The van der Waals surface area contributed by atoms with Gasteiger partial charge >= 0.3 is 0 Å². The maximum absolute atomic E-state index is 12.5. The smallest absolute Gasteiger partial charge is 0.254 e. The summed E-state index contributed by atoms with van der Waals surface area (Å²) < 4.78 is 0. The van der Waals surface area contributed by atoms with E-state index in [1.807, 2.05) is 4.90 Å². The normalized spacial score (nSPS) is 14.2. The quantitative estimate of drug-likeness (QED) is 0.812. The molecule has 1 aromatic rings. The van der Waals surface area contributed by atoms with Crippen LogP contribution in [0.5, 0.6) is 0 Å². The van der Waals surface area contributed by atoms with Gasteiger partial charge in [-0.05, 0) is 43.4 Å². The fourth-order valence-electron chi connectivity index (χ4n) is 2.12. The Balaban J connectivity index is 2.12. The summed E-state index contributed by atoms with van der Waals surface area (Å²) in [6, 6.07) is 9.49. The summed E-state index contributed by atoms with van der Waals surface area (Å²) in [6.07, 6.45) is 3.25. The zero-order chi connectivity index (χ0) is 13.8. The molecule has 3 heteroatoms. The zero-order valence-electron chi connectivity index (χ0n) is 11.6. The molecule has 0 aliphatic heterocycles. The van der Waals surface area contributed by atoms with Gasteiger partial charge in [0.25, 0.3) is 5.91 Å². The Labute approximate surface area is 114 Å². The molecule has 1 aromatic carbocycles. The summed E-state index contributed by atoms with van der Waals surface area (Å²) in [6.45, 7) is 5.16. The first kappa shape index (κ1) is 13.6. The maximum Gasteiger partial charge on any atom is 0.254 e. The van der Waals surface area contributed by atoms with E-state index in [-0.39, 0.29) is 5.91 Å². The molecule has 0 heterocycles. The summed E-state index contributed by atoms with van der Waals surface area (Å²) in [4.78, 5) is 14.5. The average Bonchev–Trinajstić information content (AvgIpc) is 3.23. The van der Waals surface area contributed by atoms with E-state index in [4.69, 9.17) is 5.26 Å². The van der Waals surface area contributed by atoms with Gasteiger partial charge in [0.05, 0.1) is 11.6 Å². The summed E-state index contributed by atoms with van der Waals surface area (Å²) in [5.74, 6) is 0.666. The first-order chi connectivity index (χ1) is 9.11. The van der Waals surface area contributed by atoms with Gasteiger partial charge in [0.1, 0.15) is 0 Å². The molecule has 100 valence electrons. The number of rotatable bonds is 5. The van der Waals surface area contributed by atoms with Gasteiger partial charge in [-0.3, -0.25) is 4.79 Å². The molecule has 0 spiro atoms. The fraction of sp³-hybridized carbons (Fsp3) is 0.500. The van der Waals surface area contributed by atoms with Crippen LogP contribution >= 0.6 is 0 Å². The lowest BCUT2D eigenvalue weighted by Gasteiger charge is -2.23. The van der Waals surface area contributed by atoms with Crippen molar-refractivity contribution in [2.24, 2.45) is 5.92 Å². The molecule has 3 nitrogen and oxygen atoms in total. The van der Waals surface area contributed by atoms with Crippen molar-refractivity contribution >= 4 is 5.91 Å². The van der Waals surface area contributed by atoms with Gasteiger partial charge in [-0.15, -0.1) is 0 Å². The third-order valence-electron chi connectivity index (χ3n) is 3.43. The van der Waals surface area contributed by atoms with Crippen LogP contribution in [0.3, 0.4) is 0 Å². The Bertz CT molecular complexity index is 498. The number of carbonyl (C=O) groups excluding carboxylic acids is 1. The highest BCUT2D eigenvalue weighted by atomic mass is 16.2. The molecular weight excluding hydrogens is 236 g/mol. The number of nitriles is 1. The largest absolute Gasteiger partial charge is 0.336 e. The number of nitrogens with zero attached hydrogens (tertiary/aromatic N) is 2. The molecule has 2 rings (SSSR count). The molecule has 1 saturated carbocycles. The van der Waals surface area contributed by atoms with Gasteiger partial charge in [0.15, 0.2) is 0 Å². The Morgan fingerprint density at radius 2 is 2.21 bits per heavy atom. The van der Waals surface area contributed by atoms with Crippen LogP contribution in [0.15, 0.2) is 24.3 Å². The van der Waals surface area contributed by atoms with Crippen molar-refractivity contribution in [3.63, 3.8) is 0 Å². The third-order valence-corrected chi connectivity index (χ3v) is 3.43. The predicted octanol–water partition coefficient (Wildman–Crippen LogP) is 3.21. The van der Waals surface area contributed by atoms with Crippen LogP contribution in [0.2, 0.25) is 0 Å². The van der Waals surface area contributed by atoms with Gasteiger partial charge in [-0.25, -0.2) is 0 Å². The van der Waals surface area contributed by atoms with Crippen LogP contribution in [0.4, 0.5) is 0 Å². The molecule has 1 fully saturated rings. The molecule has 0 saturated heterocycles. The van der Waals surface area contributed by atoms with Crippen molar-refractivity contribution in [2.75, 3.05) is 6.54 Å². The second-order valence-corrected chi connectivity index (χ2v) is 5.60. The highest BCUT2D eigenvalue weighted by Gasteiger charge is 2.32. The lowest BCUT2D eigenvalue weighted by atomic mass is 10.1. The van der Waals surface area contributed by atoms with Crippen LogP contribution in [-0.4, -0.2) is 23.4 Å². The second kappa shape index (κ2) is 5.88. The zero-order valence-corrected chi connectivity index (χ0v) is 11.6. The van der Waals surface area contributed by atoms with E-state index in [1.165, 1.54) is 0 Å². The van der Waals surface area contributed by atoms with Crippen LogP contribution in [0, 0.1) is 17.2 Å². The summed E-state index contributed by atoms with van der Waals surface area (Å²) in [7, 11) is 0. The van der Waals surface area contributed by atoms with E-state index in [0.717, 1.165) is 25.8 Å². The molecule has 0 radical (unpaired) electrons. The number of benzene rings is 1. The number of amides is 1. The second-order valence-electron chi connectivity index (χ2n) is 5.60. The highest BCUT2D eigenvalue weighted by Crippen LogP contribution is 2.29. The average molecular weight is 256 g/mol. The number of hydrogen-bond acceptors (Lipinski definition) is 2. The van der Waals surface area contributed by atoms with Crippen LogP contribution in [0.25, 0.3) is 0 Å².